The summed E-state index contributed by atoms with van der Waals surface area (Å²) in [5, 5.41) is 0. The smallest absolute Gasteiger partial charge is 0.257 e. The van der Waals surface area contributed by atoms with Gasteiger partial charge in [-0.1, -0.05) is 67.3 Å². The molecular weight excluding hydrogens is 388 g/mol. The average Bonchev–Trinajstić information content (AvgIpc) is 3.09. The summed E-state index contributed by atoms with van der Waals surface area (Å²) >= 11 is 0. The van der Waals surface area contributed by atoms with E-state index < -0.39 is 6.04 Å². The van der Waals surface area contributed by atoms with Gasteiger partial charge in [0, 0.05) is 5.92 Å². The van der Waals surface area contributed by atoms with Crippen LogP contribution in [0.4, 0.5) is 5.69 Å². The molecule has 1 heterocycles. The molecule has 1 aliphatic carbocycles. The van der Waals surface area contributed by atoms with Gasteiger partial charge in [0.15, 0.2) is 0 Å². The van der Waals surface area contributed by atoms with Crippen molar-refractivity contribution in [3.8, 4) is 0 Å². The van der Waals surface area contributed by atoms with Gasteiger partial charge >= 0.3 is 0 Å². The van der Waals surface area contributed by atoms with Crippen molar-refractivity contribution in [1.29, 1.82) is 0 Å². The van der Waals surface area contributed by atoms with E-state index in [0.29, 0.717) is 5.69 Å². The van der Waals surface area contributed by atoms with E-state index >= 15 is 0 Å². The van der Waals surface area contributed by atoms with Crippen molar-refractivity contribution in [3.05, 3.63) is 65.7 Å². The Hall–Kier alpha value is -2.95. The van der Waals surface area contributed by atoms with Crippen molar-refractivity contribution in [2.45, 2.75) is 64.5 Å². The van der Waals surface area contributed by atoms with Crippen LogP contribution in [0.2, 0.25) is 0 Å². The van der Waals surface area contributed by atoms with Gasteiger partial charge in [-0.25, -0.2) is 4.90 Å². The maximum absolute atomic E-state index is 13.7. The Labute approximate surface area is 184 Å². The number of carbonyl (C=O) groups is 3. The predicted molar refractivity (Wildman–Crippen MR) is 120 cm³/mol. The third kappa shape index (κ3) is 4.27. The summed E-state index contributed by atoms with van der Waals surface area (Å²) in [4.78, 5) is 43.0. The minimum atomic E-state index is -0.765. The molecule has 1 aliphatic heterocycles. The van der Waals surface area contributed by atoms with Crippen LogP contribution >= 0.6 is 0 Å². The molecule has 0 N–H and O–H groups in total. The zero-order chi connectivity index (χ0) is 22.0. The lowest BCUT2D eigenvalue weighted by molar-refractivity contribution is -0.145. The minimum absolute atomic E-state index is 0.00737. The number of imide groups is 1. The quantitative estimate of drug-likeness (QED) is 0.656. The van der Waals surface area contributed by atoms with Crippen LogP contribution in [0.3, 0.4) is 0 Å². The maximum Gasteiger partial charge on any atom is 0.257 e. The Morgan fingerprint density at radius 2 is 1.61 bits per heavy atom. The second-order valence-electron chi connectivity index (χ2n) is 8.79. The molecule has 162 valence electrons. The Bertz CT molecular complexity index is 948. The summed E-state index contributed by atoms with van der Waals surface area (Å²) < 4.78 is 0. The number of aryl methyl sites for hydroxylation is 1. The first kappa shape index (κ1) is 21.3. The Morgan fingerprint density at radius 1 is 0.968 bits per heavy atom. The summed E-state index contributed by atoms with van der Waals surface area (Å²) in [5.41, 5.74) is 2.60. The molecule has 2 fully saturated rings. The van der Waals surface area contributed by atoms with E-state index in [1.54, 1.807) is 17.0 Å². The van der Waals surface area contributed by atoms with Crippen molar-refractivity contribution in [1.82, 2.24) is 4.90 Å². The molecule has 0 aromatic heterocycles. The number of carbonyl (C=O) groups excluding carboxylic acids is 3. The highest BCUT2D eigenvalue weighted by Crippen LogP contribution is 2.35. The second kappa shape index (κ2) is 9.04. The average molecular weight is 419 g/mol. The fourth-order valence-corrected chi connectivity index (χ4v) is 4.87. The summed E-state index contributed by atoms with van der Waals surface area (Å²) in [6.45, 7) is 3.93. The highest BCUT2D eigenvalue weighted by atomic mass is 16.2. The Balaban J connectivity index is 1.67. The summed E-state index contributed by atoms with van der Waals surface area (Å²) in [5.74, 6) is -0.620. The van der Waals surface area contributed by atoms with E-state index in [-0.39, 0.29) is 36.1 Å². The van der Waals surface area contributed by atoms with Gasteiger partial charge in [0.25, 0.3) is 5.91 Å². The molecule has 31 heavy (non-hydrogen) atoms. The van der Waals surface area contributed by atoms with Gasteiger partial charge in [-0.2, -0.15) is 0 Å². The molecule has 4 rings (SSSR count). The molecule has 2 aliphatic rings. The normalized spacial score (nSPS) is 20.7. The van der Waals surface area contributed by atoms with Gasteiger partial charge in [0.05, 0.1) is 18.2 Å². The first-order valence-electron chi connectivity index (χ1n) is 11.3. The monoisotopic (exact) mass is 418 g/mol. The molecular formula is C26H30N2O3. The highest BCUT2D eigenvalue weighted by Gasteiger charge is 2.47. The largest absolute Gasteiger partial charge is 0.323 e. The van der Waals surface area contributed by atoms with E-state index in [4.69, 9.17) is 0 Å². The van der Waals surface area contributed by atoms with E-state index in [1.165, 1.54) is 4.90 Å². The van der Waals surface area contributed by atoms with Gasteiger partial charge in [0.1, 0.15) is 6.04 Å². The molecule has 0 radical (unpaired) electrons. The van der Waals surface area contributed by atoms with Crippen molar-refractivity contribution in [3.63, 3.8) is 0 Å². The lowest BCUT2D eigenvalue weighted by Crippen LogP contribution is -2.49. The zero-order valence-corrected chi connectivity index (χ0v) is 18.3. The van der Waals surface area contributed by atoms with Crippen LogP contribution in [0.25, 0.3) is 0 Å². The molecule has 3 amide bonds. The molecule has 5 heteroatoms. The molecule has 5 nitrogen and oxygen atoms in total. The fraction of sp³-hybridized carbons (Fsp3) is 0.423. The van der Waals surface area contributed by atoms with Crippen LogP contribution in [-0.4, -0.2) is 28.7 Å². The molecule has 2 atom stereocenters. The topological polar surface area (TPSA) is 57.7 Å². The van der Waals surface area contributed by atoms with Crippen molar-refractivity contribution in [2.24, 2.45) is 5.92 Å². The maximum atomic E-state index is 13.7. The number of amides is 3. The molecule has 2 aromatic carbocycles. The van der Waals surface area contributed by atoms with Gasteiger partial charge in [0.2, 0.25) is 11.8 Å². The zero-order valence-electron chi connectivity index (χ0n) is 18.3. The lowest BCUT2D eigenvalue weighted by atomic mass is 9.87. The Kier molecular flexibility index (Phi) is 6.21. The van der Waals surface area contributed by atoms with Gasteiger partial charge in [-0.15, -0.1) is 0 Å². The SMILES string of the molecule is Cc1ccc(N2C(=O)CC(N(C(=O)C3CCCCC3)C(C)c3ccccc3)C2=O)cc1. The van der Waals surface area contributed by atoms with E-state index in [0.717, 1.165) is 43.2 Å². The number of nitrogens with zero attached hydrogens (tertiary/aromatic N) is 2. The summed E-state index contributed by atoms with van der Waals surface area (Å²) in [7, 11) is 0. The number of rotatable bonds is 5. The van der Waals surface area contributed by atoms with Gasteiger partial charge in [-0.3, -0.25) is 14.4 Å². The van der Waals surface area contributed by atoms with Crippen molar-refractivity contribution in [2.75, 3.05) is 4.90 Å². The molecule has 0 spiro atoms. The van der Waals surface area contributed by atoms with Gasteiger partial charge in [-0.05, 0) is 44.4 Å². The number of hydrogen-bond donors (Lipinski definition) is 0. The molecule has 1 saturated carbocycles. The summed E-state index contributed by atoms with van der Waals surface area (Å²) in [6, 6.07) is 16.1. The molecule has 2 unspecified atom stereocenters. The van der Waals surface area contributed by atoms with E-state index in [9.17, 15) is 14.4 Å². The minimum Gasteiger partial charge on any atom is -0.323 e. The second-order valence-corrected chi connectivity index (χ2v) is 8.79. The fourth-order valence-electron chi connectivity index (χ4n) is 4.87. The highest BCUT2D eigenvalue weighted by molar-refractivity contribution is 6.23. The third-order valence-electron chi connectivity index (χ3n) is 6.66. The van der Waals surface area contributed by atoms with E-state index in [2.05, 4.69) is 0 Å². The van der Waals surface area contributed by atoms with Crippen molar-refractivity contribution < 1.29 is 14.4 Å². The number of anilines is 1. The van der Waals surface area contributed by atoms with Crippen LogP contribution in [0.5, 0.6) is 0 Å². The first-order chi connectivity index (χ1) is 15.0. The van der Waals surface area contributed by atoms with Crippen molar-refractivity contribution >= 4 is 23.4 Å². The third-order valence-corrected chi connectivity index (χ3v) is 6.66. The van der Waals surface area contributed by atoms with Crippen LogP contribution in [0, 0.1) is 12.8 Å². The lowest BCUT2D eigenvalue weighted by Gasteiger charge is -2.37. The molecule has 0 bridgehead atoms. The van der Waals surface area contributed by atoms with Crippen LogP contribution < -0.4 is 4.90 Å². The van der Waals surface area contributed by atoms with E-state index in [1.807, 2.05) is 56.3 Å². The Morgan fingerprint density at radius 3 is 2.26 bits per heavy atom. The molecule has 2 aromatic rings. The van der Waals surface area contributed by atoms with Crippen LogP contribution in [0.1, 0.15) is 62.6 Å². The van der Waals surface area contributed by atoms with Crippen LogP contribution in [0.15, 0.2) is 54.6 Å². The van der Waals surface area contributed by atoms with Gasteiger partial charge < -0.3 is 4.90 Å². The summed E-state index contributed by atoms with van der Waals surface area (Å²) in [6.07, 6.45) is 4.97. The number of benzene rings is 2. The number of hydrogen-bond acceptors (Lipinski definition) is 3. The standard InChI is InChI=1S/C26H30N2O3/c1-18-13-15-22(16-14-18)28-24(29)17-23(26(28)31)27(19(2)20-9-5-3-6-10-20)25(30)21-11-7-4-8-12-21/h3,5-6,9-10,13-16,19,21,23H,4,7-8,11-12,17H2,1-2H3. The first-order valence-corrected chi connectivity index (χ1v) is 11.3. The van der Waals surface area contributed by atoms with Crippen LogP contribution in [-0.2, 0) is 14.4 Å². The molecule has 1 saturated heterocycles. The predicted octanol–water partition coefficient (Wildman–Crippen LogP) is 4.80.